The zero-order valence-electron chi connectivity index (χ0n) is 14.6. The molecule has 5 heteroatoms. The maximum atomic E-state index is 12.9. The van der Waals surface area contributed by atoms with Gasteiger partial charge in [0, 0.05) is 11.1 Å². The summed E-state index contributed by atoms with van der Waals surface area (Å²) in [6.07, 6.45) is 0. The van der Waals surface area contributed by atoms with Crippen LogP contribution in [0, 0.1) is 0 Å². The van der Waals surface area contributed by atoms with Crippen LogP contribution >= 0.6 is 0 Å². The number of esters is 1. The molecule has 0 unspecified atom stereocenters. The number of fused-ring (bicyclic) bond motifs is 2. The molecule has 1 N–H and O–H groups in total. The predicted molar refractivity (Wildman–Crippen MR) is 95.5 cm³/mol. The molecular weight excluding hydrogens is 330 g/mol. The standard InChI is InChI=1S/C21H21NO4/c23-20-17-7-3-1-5-15(17)19(16-6-2-4-8-18(16)20)21(24)26-14-11-22-9-12-25-13-10-22/h1-8,19H,9-14H2/p+1. The van der Waals surface area contributed by atoms with Crippen molar-refractivity contribution < 1.29 is 24.0 Å². The molecule has 2 aromatic rings. The van der Waals surface area contributed by atoms with Crippen molar-refractivity contribution >= 4 is 11.8 Å². The van der Waals surface area contributed by atoms with Crippen LogP contribution in [0.1, 0.15) is 33.0 Å². The van der Waals surface area contributed by atoms with E-state index in [-0.39, 0.29) is 11.8 Å². The summed E-state index contributed by atoms with van der Waals surface area (Å²) in [7, 11) is 0. The summed E-state index contributed by atoms with van der Waals surface area (Å²) in [5.41, 5.74) is 2.65. The van der Waals surface area contributed by atoms with Crippen molar-refractivity contribution in [2.75, 3.05) is 39.5 Å². The predicted octanol–water partition coefficient (Wildman–Crippen LogP) is 0.821. The van der Waals surface area contributed by atoms with Gasteiger partial charge in [0.05, 0.1) is 13.2 Å². The molecule has 0 radical (unpaired) electrons. The zero-order valence-corrected chi connectivity index (χ0v) is 14.6. The van der Waals surface area contributed by atoms with Gasteiger partial charge in [-0.1, -0.05) is 48.5 Å². The van der Waals surface area contributed by atoms with E-state index < -0.39 is 5.92 Å². The molecule has 26 heavy (non-hydrogen) atoms. The summed E-state index contributed by atoms with van der Waals surface area (Å²) >= 11 is 0. The largest absolute Gasteiger partial charge is 0.459 e. The average molecular weight is 352 g/mol. The molecule has 1 aliphatic heterocycles. The van der Waals surface area contributed by atoms with Crippen LogP contribution in [0.2, 0.25) is 0 Å². The van der Waals surface area contributed by atoms with Crippen LogP contribution in [0.5, 0.6) is 0 Å². The molecule has 2 aliphatic rings. The van der Waals surface area contributed by atoms with Gasteiger partial charge in [0.2, 0.25) is 0 Å². The van der Waals surface area contributed by atoms with Gasteiger partial charge in [-0.2, -0.15) is 0 Å². The fourth-order valence-corrected chi connectivity index (χ4v) is 3.77. The SMILES string of the molecule is O=C1c2ccccc2C(C(=O)OCC[NH+]2CCOCC2)c2ccccc21. The molecule has 0 saturated carbocycles. The van der Waals surface area contributed by atoms with Gasteiger partial charge in [0.1, 0.15) is 32.2 Å². The number of nitrogens with one attached hydrogen (secondary N) is 1. The van der Waals surface area contributed by atoms with Gasteiger partial charge in [-0.25, -0.2) is 0 Å². The Kier molecular flexibility index (Phi) is 4.82. The molecule has 1 saturated heterocycles. The highest BCUT2D eigenvalue weighted by molar-refractivity contribution is 6.14. The summed E-state index contributed by atoms with van der Waals surface area (Å²) in [6.45, 7) is 4.57. The topological polar surface area (TPSA) is 57.0 Å². The van der Waals surface area contributed by atoms with Crippen LogP contribution < -0.4 is 4.90 Å². The quantitative estimate of drug-likeness (QED) is 0.828. The molecule has 0 amide bonds. The average Bonchev–Trinajstić information content (AvgIpc) is 2.69. The monoisotopic (exact) mass is 352 g/mol. The van der Waals surface area contributed by atoms with Crippen LogP contribution in [0.25, 0.3) is 0 Å². The van der Waals surface area contributed by atoms with Crippen LogP contribution in [-0.4, -0.2) is 51.2 Å². The Morgan fingerprint density at radius 2 is 1.58 bits per heavy atom. The number of carbonyl (C=O) groups is 2. The first-order valence-electron chi connectivity index (χ1n) is 9.06. The summed E-state index contributed by atoms with van der Waals surface area (Å²) < 4.78 is 11.0. The number of ketones is 1. The third-order valence-corrected chi connectivity index (χ3v) is 5.17. The van der Waals surface area contributed by atoms with Crippen LogP contribution in [0.3, 0.4) is 0 Å². The third-order valence-electron chi connectivity index (χ3n) is 5.17. The molecule has 1 fully saturated rings. The van der Waals surface area contributed by atoms with E-state index in [0.717, 1.165) is 44.0 Å². The summed E-state index contributed by atoms with van der Waals surface area (Å²) in [5.74, 6) is -0.858. The number of ether oxygens (including phenoxy) is 2. The normalized spacial score (nSPS) is 17.5. The van der Waals surface area contributed by atoms with Gasteiger partial charge in [0.15, 0.2) is 5.78 Å². The van der Waals surface area contributed by atoms with Gasteiger partial charge < -0.3 is 14.4 Å². The lowest BCUT2D eigenvalue weighted by atomic mass is 9.77. The van der Waals surface area contributed by atoms with Gasteiger partial charge in [-0.3, -0.25) is 9.59 Å². The van der Waals surface area contributed by atoms with E-state index in [1.807, 2.05) is 36.4 Å². The van der Waals surface area contributed by atoms with E-state index >= 15 is 0 Å². The van der Waals surface area contributed by atoms with Crippen molar-refractivity contribution in [2.45, 2.75) is 5.92 Å². The molecule has 134 valence electrons. The second-order valence-electron chi connectivity index (χ2n) is 6.72. The minimum Gasteiger partial charge on any atom is -0.459 e. The highest BCUT2D eigenvalue weighted by Crippen LogP contribution is 2.37. The minimum atomic E-state index is -0.542. The molecule has 1 heterocycles. The zero-order chi connectivity index (χ0) is 17.9. The van der Waals surface area contributed by atoms with Crippen molar-refractivity contribution in [3.05, 3.63) is 70.8 Å². The lowest BCUT2D eigenvalue weighted by Gasteiger charge is -2.27. The first kappa shape index (κ1) is 16.9. The van der Waals surface area contributed by atoms with Crippen LogP contribution in [0.15, 0.2) is 48.5 Å². The van der Waals surface area contributed by atoms with E-state index in [0.29, 0.717) is 17.7 Å². The number of hydrogen-bond acceptors (Lipinski definition) is 4. The Morgan fingerprint density at radius 1 is 1.00 bits per heavy atom. The molecule has 0 spiro atoms. The molecular formula is C21H22NO4+. The summed E-state index contributed by atoms with van der Waals surface area (Å²) in [6, 6.07) is 14.6. The molecule has 0 bridgehead atoms. The van der Waals surface area contributed by atoms with Gasteiger partial charge in [-0.05, 0) is 11.1 Å². The molecule has 2 aromatic carbocycles. The minimum absolute atomic E-state index is 0.0296. The molecule has 1 aliphatic carbocycles. The van der Waals surface area contributed by atoms with Gasteiger partial charge in [0.25, 0.3) is 0 Å². The highest BCUT2D eigenvalue weighted by Gasteiger charge is 2.36. The van der Waals surface area contributed by atoms with Crippen molar-refractivity contribution in [3.63, 3.8) is 0 Å². The number of rotatable bonds is 4. The smallest absolute Gasteiger partial charge is 0.318 e. The van der Waals surface area contributed by atoms with Crippen molar-refractivity contribution in [2.24, 2.45) is 0 Å². The van der Waals surface area contributed by atoms with E-state index in [2.05, 4.69) is 0 Å². The van der Waals surface area contributed by atoms with Gasteiger partial charge >= 0.3 is 5.97 Å². The third kappa shape index (κ3) is 3.16. The van der Waals surface area contributed by atoms with E-state index in [4.69, 9.17) is 9.47 Å². The van der Waals surface area contributed by atoms with Crippen LogP contribution in [0.4, 0.5) is 0 Å². The van der Waals surface area contributed by atoms with Crippen LogP contribution in [-0.2, 0) is 14.3 Å². The number of carbonyl (C=O) groups excluding carboxylic acids is 2. The summed E-state index contributed by atoms with van der Waals surface area (Å²) in [5, 5.41) is 0. The Morgan fingerprint density at radius 3 is 2.19 bits per heavy atom. The molecule has 5 nitrogen and oxygen atoms in total. The second kappa shape index (κ2) is 7.40. The molecule has 4 rings (SSSR count). The first-order valence-corrected chi connectivity index (χ1v) is 9.06. The Hall–Kier alpha value is -2.50. The Bertz CT molecular complexity index is 777. The second-order valence-corrected chi connectivity index (χ2v) is 6.72. The number of hydrogen-bond donors (Lipinski definition) is 1. The fourth-order valence-electron chi connectivity index (χ4n) is 3.77. The van der Waals surface area contributed by atoms with Crippen molar-refractivity contribution in [1.82, 2.24) is 0 Å². The maximum Gasteiger partial charge on any atom is 0.318 e. The molecule has 0 aromatic heterocycles. The fraction of sp³-hybridized carbons (Fsp3) is 0.333. The van der Waals surface area contributed by atoms with E-state index in [9.17, 15) is 9.59 Å². The van der Waals surface area contributed by atoms with Gasteiger partial charge in [-0.15, -0.1) is 0 Å². The highest BCUT2D eigenvalue weighted by atomic mass is 16.5. The van der Waals surface area contributed by atoms with E-state index in [1.165, 1.54) is 4.90 Å². The lowest BCUT2D eigenvalue weighted by molar-refractivity contribution is -0.908. The maximum absolute atomic E-state index is 12.9. The first-order chi connectivity index (χ1) is 12.8. The summed E-state index contributed by atoms with van der Waals surface area (Å²) in [4.78, 5) is 27.0. The Labute approximate surface area is 152 Å². The van der Waals surface area contributed by atoms with E-state index in [1.54, 1.807) is 12.1 Å². The Balaban J connectivity index is 1.54. The number of morpholine rings is 1. The number of quaternary nitrogens is 1. The number of benzene rings is 2. The van der Waals surface area contributed by atoms with Crippen molar-refractivity contribution in [1.29, 1.82) is 0 Å². The molecule has 0 atom stereocenters. The lowest BCUT2D eigenvalue weighted by Crippen LogP contribution is -3.14. The van der Waals surface area contributed by atoms with Crippen molar-refractivity contribution in [3.8, 4) is 0 Å².